The van der Waals surface area contributed by atoms with Gasteiger partial charge in [-0.2, -0.15) is 0 Å². The van der Waals surface area contributed by atoms with Gasteiger partial charge >= 0.3 is 6.09 Å². The SMILES string of the molecule is CCOP(C)(=O)C(C(=O)Cc1cc2ccccc2cc1COC(=O)NCc1ccccc1)c1cccc2ccccc12. The third kappa shape index (κ3) is 6.79. The molecule has 0 heterocycles. The molecule has 0 saturated heterocycles. The van der Waals surface area contributed by atoms with Crippen LogP contribution in [0.4, 0.5) is 4.79 Å². The van der Waals surface area contributed by atoms with E-state index in [-0.39, 0.29) is 25.4 Å². The van der Waals surface area contributed by atoms with E-state index in [9.17, 15) is 14.2 Å². The number of carbonyl (C=O) groups is 2. The molecular formula is C35H34NO5P. The van der Waals surface area contributed by atoms with Crippen molar-refractivity contribution in [1.82, 2.24) is 5.32 Å². The monoisotopic (exact) mass is 579 g/mol. The average Bonchev–Trinajstić information content (AvgIpc) is 2.99. The van der Waals surface area contributed by atoms with Gasteiger partial charge in [-0.1, -0.05) is 103 Å². The highest BCUT2D eigenvalue weighted by Gasteiger charge is 2.37. The van der Waals surface area contributed by atoms with E-state index < -0.39 is 19.1 Å². The molecule has 0 bridgehead atoms. The zero-order valence-electron chi connectivity index (χ0n) is 23.8. The topological polar surface area (TPSA) is 81.7 Å². The van der Waals surface area contributed by atoms with Crippen LogP contribution in [0, 0.1) is 0 Å². The normalized spacial score (nSPS) is 13.4. The third-order valence-electron chi connectivity index (χ3n) is 7.35. The third-order valence-corrected chi connectivity index (χ3v) is 9.62. The van der Waals surface area contributed by atoms with Crippen LogP contribution >= 0.6 is 7.37 Å². The minimum Gasteiger partial charge on any atom is -0.445 e. The van der Waals surface area contributed by atoms with E-state index in [0.717, 1.165) is 38.2 Å². The summed E-state index contributed by atoms with van der Waals surface area (Å²) in [6.45, 7) is 3.89. The van der Waals surface area contributed by atoms with Crippen molar-refractivity contribution in [1.29, 1.82) is 0 Å². The number of ketones is 1. The Hall–Kier alpha value is -4.25. The molecule has 0 aromatic heterocycles. The Balaban J connectivity index is 1.45. The highest BCUT2D eigenvalue weighted by molar-refractivity contribution is 7.59. The van der Waals surface area contributed by atoms with Gasteiger partial charge in [-0.25, -0.2) is 4.79 Å². The number of nitrogens with one attached hydrogen (secondary N) is 1. The van der Waals surface area contributed by atoms with E-state index in [4.69, 9.17) is 9.26 Å². The number of hydrogen-bond donors (Lipinski definition) is 1. The second-order valence-corrected chi connectivity index (χ2v) is 12.9. The van der Waals surface area contributed by atoms with Gasteiger partial charge < -0.3 is 14.6 Å². The van der Waals surface area contributed by atoms with Gasteiger partial charge in [0.1, 0.15) is 12.3 Å². The first-order valence-electron chi connectivity index (χ1n) is 14.0. The maximum Gasteiger partial charge on any atom is 0.407 e. The first kappa shape index (κ1) is 29.2. The highest BCUT2D eigenvalue weighted by Crippen LogP contribution is 2.58. The number of alkyl carbamates (subject to hydrolysis) is 1. The molecule has 2 atom stereocenters. The lowest BCUT2D eigenvalue weighted by Crippen LogP contribution is -2.24. The summed E-state index contributed by atoms with van der Waals surface area (Å²) < 4.78 is 25.3. The van der Waals surface area contributed by atoms with Crippen molar-refractivity contribution in [2.45, 2.75) is 32.2 Å². The number of fused-ring (bicyclic) bond motifs is 2. The fourth-order valence-electron chi connectivity index (χ4n) is 5.39. The Labute approximate surface area is 246 Å². The smallest absolute Gasteiger partial charge is 0.407 e. The molecule has 5 rings (SSSR count). The van der Waals surface area contributed by atoms with E-state index in [1.165, 1.54) is 0 Å². The summed E-state index contributed by atoms with van der Waals surface area (Å²) in [7, 11) is -3.40. The largest absolute Gasteiger partial charge is 0.445 e. The highest BCUT2D eigenvalue weighted by atomic mass is 31.2. The lowest BCUT2D eigenvalue weighted by molar-refractivity contribution is -0.118. The standard InChI is InChI=1S/C35H34NO5P/c1-3-41-42(2,39)34(32-19-11-17-26-14-9-10-18-31(26)32)33(37)22-29-20-27-15-7-8-16-28(27)21-30(29)24-40-35(38)36-23-25-12-5-4-6-13-25/h4-21,34H,3,22-24H2,1-2H3,(H,36,38). The van der Waals surface area contributed by atoms with E-state index in [1.807, 2.05) is 109 Å². The van der Waals surface area contributed by atoms with Crippen LogP contribution in [-0.2, 0) is 38.2 Å². The number of benzene rings is 5. The molecule has 0 fully saturated rings. The Kier molecular flexibility index (Phi) is 9.16. The predicted molar refractivity (Wildman–Crippen MR) is 168 cm³/mol. The molecule has 0 aliphatic carbocycles. The number of hydrogen-bond acceptors (Lipinski definition) is 5. The first-order valence-corrected chi connectivity index (χ1v) is 16.2. The summed E-state index contributed by atoms with van der Waals surface area (Å²) in [5.74, 6) is -0.212. The van der Waals surface area contributed by atoms with Gasteiger partial charge in [0, 0.05) is 19.6 Å². The van der Waals surface area contributed by atoms with Crippen molar-refractivity contribution in [3.8, 4) is 0 Å². The Morgan fingerprint density at radius 2 is 1.40 bits per heavy atom. The van der Waals surface area contributed by atoms with Crippen molar-refractivity contribution in [2.75, 3.05) is 13.3 Å². The van der Waals surface area contributed by atoms with Crippen molar-refractivity contribution < 1.29 is 23.4 Å². The fourth-order valence-corrected chi connectivity index (χ4v) is 7.40. The summed E-state index contributed by atoms with van der Waals surface area (Å²) in [5.41, 5.74) is 2.14. The lowest BCUT2D eigenvalue weighted by Gasteiger charge is -2.25. The number of ether oxygens (including phenoxy) is 1. The van der Waals surface area contributed by atoms with E-state index in [0.29, 0.717) is 12.1 Å². The van der Waals surface area contributed by atoms with Crippen LogP contribution in [0.5, 0.6) is 0 Å². The molecule has 5 aromatic carbocycles. The molecule has 5 aromatic rings. The summed E-state index contributed by atoms with van der Waals surface area (Å²) in [5, 5.41) is 6.54. The molecule has 1 amide bonds. The molecule has 7 heteroatoms. The lowest BCUT2D eigenvalue weighted by atomic mass is 9.94. The predicted octanol–water partition coefficient (Wildman–Crippen LogP) is 8.22. The van der Waals surface area contributed by atoms with Crippen LogP contribution in [0.1, 0.15) is 34.8 Å². The molecule has 0 spiro atoms. The van der Waals surface area contributed by atoms with Crippen molar-refractivity contribution in [3.63, 3.8) is 0 Å². The second kappa shape index (κ2) is 13.2. The Morgan fingerprint density at radius 3 is 2.12 bits per heavy atom. The van der Waals surface area contributed by atoms with Crippen LogP contribution in [0.15, 0.2) is 109 Å². The number of Topliss-reactive ketones (excluding diaryl/α,β-unsaturated/α-hetero) is 1. The molecule has 0 aliphatic heterocycles. The van der Waals surface area contributed by atoms with Gasteiger partial charge in [0.2, 0.25) is 7.37 Å². The molecule has 1 N–H and O–H groups in total. The van der Waals surface area contributed by atoms with E-state index >= 15 is 0 Å². The maximum absolute atomic E-state index is 14.2. The second-order valence-electron chi connectivity index (χ2n) is 10.3. The average molecular weight is 580 g/mol. The number of amides is 1. The van der Waals surface area contributed by atoms with Crippen LogP contribution in [0.2, 0.25) is 0 Å². The minimum absolute atomic E-state index is 0.00789. The fraction of sp³-hybridized carbons (Fsp3) is 0.200. The molecule has 0 saturated carbocycles. The first-order chi connectivity index (χ1) is 20.4. The molecule has 0 radical (unpaired) electrons. The van der Waals surface area contributed by atoms with Crippen LogP contribution in [0.25, 0.3) is 21.5 Å². The zero-order valence-corrected chi connectivity index (χ0v) is 24.7. The molecule has 214 valence electrons. The van der Waals surface area contributed by atoms with Crippen LogP contribution in [0.3, 0.4) is 0 Å². The number of rotatable bonds is 11. The molecule has 0 aliphatic rings. The minimum atomic E-state index is -3.40. The van der Waals surface area contributed by atoms with Gasteiger partial charge in [0.25, 0.3) is 0 Å². The molecular weight excluding hydrogens is 545 g/mol. The van der Waals surface area contributed by atoms with Gasteiger partial charge in [-0.05, 0) is 56.8 Å². The van der Waals surface area contributed by atoms with Gasteiger partial charge in [0.15, 0.2) is 5.78 Å². The Bertz CT molecular complexity index is 1760. The van der Waals surface area contributed by atoms with Crippen molar-refractivity contribution in [3.05, 3.63) is 131 Å². The molecule has 6 nitrogen and oxygen atoms in total. The maximum atomic E-state index is 14.2. The Morgan fingerprint density at radius 1 is 0.786 bits per heavy atom. The van der Waals surface area contributed by atoms with Crippen molar-refractivity contribution in [2.24, 2.45) is 0 Å². The van der Waals surface area contributed by atoms with Gasteiger partial charge in [0.05, 0.1) is 6.61 Å². The van der Waals surface area contributed by atoms with Gasteiger partial charge in [-0.3, -0.25) is 9.36 Å². The van der Waals surface area contributed by atoms with Gasteiger partial charge in [-0.15, -0.1) is 0 Å². The van der Waals surface area contributed by atoms with Crippen LogP contribution < -0.4 is 5.32 Å². The zero-order chi connectivity index (χ0) is 29.5. The molecule has 42 heavy (non-hydrogen) atoms. The summed E-state index contributed by atoms with van der Waals surface area (Å²) >= 11 is 0. The van der Waals surface area contributed by atoms with Crippen LogP contribution in [-0.4, -0.2) is 25.1 Å². The van der Waals surface area contributed by atoms with Crippen molar-refractivity contribution >= 4 is 40.8 Å². The summed E-state index contributed by atoms with van der Waals surface area (Å²) in [6, 6.07) is 34.8. The van der Waals surface area contributed by atoms with E-state index in [2.05, 4.69) is 5.32 Å². The number of carbonyl (C=O) groups excluding carboxylic acids is 2. The summed E-state index contributed by atoms with van der Waals surface area (Å²) in [6.07, 6.45) is -0.541. The summed E-state index contributed by atoms with van der Waals surface area (Å²) in [4.78, 5) is 26.7. The quantitative estimate of drug-likeness (QED) is 0.160. The van der Waals surface area contributed by atoms with E-state index in [1.54, 1.807) is 13.6 Å². The molecule has 2 unspecified atom stereocenters.